The van der Waals surface area contributed by atoms with Gasteiger partial charge in [-0.2, -0.15) is 13.2 Å². The summed E-state index contributed by atoms with van der Waals surface area (Å²) >= 11 is 1.31. The lowest BCUT2D eigenvalue weighted by atomic mass is 10.1. The molecular formula is C18H26F3NOS. The Balaban J connectivity index is 0.000000501. The molecule has 1 N–H and O–H groups in total. The van der Waals surface area contributed by atoms with E-state index < -0.39 is 11.7 Å². The van der Waals surface area contributed by atoms with Crippen LogP contribution in [0.5, 0.6) is 0 Å². The van der Waals surface area contributed by atoms with Crippen LogP contribution in [0.1, 0.15) is 51.4 Å². The highest BCUT2D eigenvalue weighted by Crippen LogP contribution is 2.32. The van der Waals surface area contributed by atoms with Gasteiger partial charge in [-0.25, -0.2) is 0 Å². The molecule has 1 heterocycles. The zero-order valence-electron chi connectivity index (χ0n) is 15.3. The molecule has 0 fully saturated rings. The summed E-state index contributed by atoms with van der Waals surface area (Å²) in [6.45, 7) is 13.7. The van der Waals surface area contributed by atoms with Crippen LogP contribution in [-0.2, 0) is 11.0 Å². The highest BCUT2D eigenvalue weighted by molar-refractivity contribution is 8.13. The third-order valence-corrected chi connectivity index (χ3v) is 3.84. The first kappa shape index (κ1) is 22.6. The number of nitrogens with one attached hydrogen (secondary N) is 1. The summed E-state index contributed by atoms with van der Waals surface area (Å²) < 4.78 is 37.4. The van der Waals surface area contributed by atoms with E-state index >= 15 is 0 Å². The van der Waals surface area contributed by atoms with Crippen LogP contribution in [0.4, 0.5) is 13.2 Å². The molecule has 0 amide bonds. The Morgan fingerprint density at radius 1 is 1.08 bits per heavy atom. The van der Waals surface area contributed by atoms with Crippen LogP contribution in [-0.4, -0.2) is 15.3 Å². The van der Waals surface area contributed by atoms with Gasteiger partial charge in [-0.15, -0.1) is 0 Å². The molecule has 0 saturated carbocycles. The van der Waals surface area contributed by atoms with Crippen LogP contribution in [0.25, 0.3) is 10.9 Å². The van der Waals surface area contributed by atoms with Gasteiger partial charge in [0.05, 0.1) is 5.56 Å². The van der Waals surface area contributed by atoms with Crippen molar-refractivity contribution in [3.05, 3.63) is 35.0 Å². The van der Waals surface area contributed by atoms with Gasteiger partial charge in [0.15, 0.2) is 5.62 Å². The Kier molecular flexibility index (Phi) is 8.61. The number of carbonyl (C=O) groups is 1. The van der Waals surface area contributed by atoms with Crippen LogP contribution in [0, 0.1) is 13.8 Å². The number of H-pyrrole nitrogens is 1. The summed E-state index contributed by atoms with van der Waals surface area (Å²) in [7, 11) is 0. The number of aromatic nitrogens is 1. The van der Waals surface area contributed by atoms with Gasteiger partial charge < -0.3 is 4.98 Å². The summed E-state index contributed by atoms with van der Waals surface area (Å²) in [5.41, 5.74) is 2.80. The van der Waals surface area contributed by atoms with Crippen molar-refractivity contribution in [2.24, 2.45) is 0 Å². The molecule has 0 spiro atoms. The number of fused-ring (bicyclic) bond motifs is 1. The molecule has 0 unspecified atom stereocenters. The van der Waals surface area contributed by atoms with Gasteiger partial charge in [-0.05, 0) is 37.6 Å². The zero-order valence-corrected chi connectivity index (χ0v) is 16.1. The molecule has 2 rings (SSSR count). The summed E-state index contributed by atoms with van der Waals surface area (Å²) in [5.74, 6) is 0. The van der Waals surface area contributed by atoms with Crippen LogP contribution in [0.15, 0.2) is 18.2 Å². The maximum absolute atomic E-state index is 12.4. The predicted molar refractivity (Wildman–Crippen MR) is 98.2 cm³/mol. The molecule has 24 heavy (non-hydrogen) atoms. The number of carbonyl (C=O) groups excluding carboxylic acids is 1. The molecule has 6 heteroatoms. The lowest BCUT2D eigenvalue weighted by molar-refractivity contribution is -0.137. The van der Waals surface area contributed by atoms with Crippen LogP contribution in [0.3, 0.4) is 0 Å². The fraction of sp³-hybridized carbons (Fsp3) is 0.500. The number of aromatic amines is 1. The molecule has 0 atom stereocenters. The molecule has 136 valence electrons. The van der Waals surface area contributed by atoms with Crippen LogP contribution < -0.4 is 0 Å². The van der Waals surface area contributed by atoms with E-state index in [1.54, 1.807) is 0 Å². The largest absolute Gasteiger partial charge is 0.416 e. The van der Waals surface area contributed by atoms with Crippen LogP contribution in [0.2, 0.25) is 0 Å². The fourth-order valence-corrected chi connectivity index (χ4v) is 2.07. The third-order valence-electron chi connectivity index (χ3n) is 3.04. The van der Waals surface area contributed by atoms with Crippen LogP contribution >= 0.6 is 11.8 Å². The topological polar surface area (TPSA) is 32.9 Å². The average molecular weight is 361 g/mol. The molecule has 1 aromatic carbocycles. The fourth-order valence-electron chi connectivity index (χ4n) is 1.78. The first-order chi connectivity index (χ1) is 11.0. The van der Waals surface area contributed by atoms with Crippen molar-refractivity contribution in [3.8, 4) is 0 Å². The molecule has 0 saturated heterocycles. The number of thioether (sulfide) groups is 1. The number of hydrogen-bond donors (Lipinski definition) is 1. The van der Waals surface area contributed by atoms with Crippen molar-refractivity contribution in [3.63, 3.8) is 0 Å². The Labute approximate surface area is 146 Å². The van der Waals surface area contributed by atoms with E-state index in [2.05, 4.69) is 4.98 Å². The monoisotopic (exact) mass is 361 g/mol. The van der Waals surface area contributed by atoms with E-state index in [4.69, 9.17) is 0 Å². The van der Waals surface area contributed by atoms with Gasteiger partial charge in [0.25, 0.3) is 0 Å². The third kappa shape index (κ3) is 6.99. The number of halogens is 3. The zero-order chi connectivity index (χ0) is 19.1. The van der Waals surface area contributed by atoms with Gasteiger partial charge in [-0.1, -0.05) is 46.4 Å². The minimum Gasteiger partial charge on any atom is -0.358 e. The van der Waals surface area contributed by atoms with Gasteiger partial charge in [0, 0.05) is 21.3 Å². The lowest BCUT2D eigenvalue weighted by Crippen LogP contribution is -2.06. The highest BCUT2D eigenvalue weighted by Gasteiger charge is 2.30. The number of benzene rings is 1. The van der Waals surface area contributed by atoms with E-state index in [1.165, 1.54) is 23.9 Å². The van der Waals surface area contributed by atoms with E-state index in [-0.39, 0.29) is 4.75 Å². The predicted octanol–water partition coefficient (Wildman–Crippen LogP) is 6.54. The van der Waals surface area contributed by atoms with Gasteiger partial charge in [-0.3, -0.25) is 4.79 Å². The molecule has 0 radical (unpaired) electrons. The van der Waals surface area contributed by atoms with Gasteiger partial charge in [0.2, 0.25) is 0 Å². The Morgan fingerprint density at radius 2 is 1.62 bits per heavy atom. The van der Waals surface area contributed by atoms with Crippen molar-refractivity contribution >= 4 is 28.3 Å². The van der Waals surface area contributed by atoms with Crippen molar-refractivity contribution in [2.45, 2.75) is 59.4 Å². The second-order valence-corrected chi connectivity index (χ2v) is 7.61. The molecule has 0 bridgehead atoms. The molecular weight excluding hydrogens is 335 g/mol. The molecule has 2 aromatic rings. The number of hydrogen-bond acceptors (Lipinski definition) is 2. The Hall–Kier alpha value is -1.43. The number of rotatable bonds is 1. The van der Waals surface area contributed by atoms with Gasteiger partial charge in [0.1, 0.15) is 0 Å². The molecule has 0 aliphatic rings. The summed E-state index contributed by atoms with van der Waals surface area (Å²) in [6, 6.07) is 3.75. The number of alkyl halides is 3. The second kappa shape index (κ2) is 9.16. The minimum atomic E-state index is -4.27. The summed E-state index contributed by atoms with van der Waals surface area (Å²) in [4.78, 5) is 12.8. The van der Waals surface area contributed by atoms with E-state index in [0.29, 0.717) is 5.39 Å². The molecule has 0 aliphatic heterocycles. The highest BCUT2D eigenvalue weighted by atomic mass is 32.2. The Bertz CT molecular complexity index is 655. The van der Waals surface area contributed by atoms with Crippen molar-refractivity contribution in [1.82, 2.24) is 4.98 Å². The normalized spacial score (nSPS) is 11.2. The SMILES string of the molecule is CC.CC(C)(C)SC=O.Cc1[nH]c2ccc(C(F)(F)F)cc2c1C. The van der Waals surface area contributed by atoms with Crippen molar-refractivity contribution in [2.75, 3.05) is 0 Å². The molecule has 0 aliphatic carbocycles. The maximum Gasteiger partial charge on any atom is 0.416 e. The smallest absolute Gasteiger partial charge is 0.358 e. The quantitative estimate of drug-likeness (QED) is 0.585. The summed E-state index contributed by atoms with van der Waals surface area (Å²) in [5, 5.41) is 0.641. The lowest BCUT2D eigenvalue weighted by Gasteiger charge is -2.10. The van der Waals surface area contributed by atoms with Crippen molar-refractivity contribution in [1.29, 1.82) is 0 Å². The molecule has 1 aromatic heterocycles. The van der Waals surface area contributed by atoms with E-state index in [0.717, 1.165) is 28.5 Å². The first-order valence-electron chi connectivity index (χ1n) is 7.73. The first-order valence-corrected chi connectivity index (χ1v) is 8.61. The number of aryl methyl sites for hydroxylation is 2. The van der Waals surface area contributed by atoms with E-state index in [9.17, 15) is 18.0 Å². The average Bonchev–Trinajstić information content (AvgIpc) is 2.74. The van der Waals surface area contributed by atoms with E-state index in [1.807, 2.05) is 48.5 Å². The maximum atomic E-state index is 12.4. The minimum absolute atomic E-state index is 0.0990. The summed E-state index contributed by atoms with van der Waals surface area (Å²) in [6.07, 6.45) is -4.27. The second-order valence-electron chi connectivity index (χ2n) is 5.96. The van der Waals surface area contributed by atoms with Crippen molar-refractivity contribution < 1.29 is 18.0 Å². The van der Waals surface area contributed by atoms with Gasteiger partial charge >= 0.3 is 6.18 Å². The Morgan fingerprint density at radius 3 is 2.00 bits per heavy atom. The standard InChI is InChI=1S/C11H10F3N.C5H10OS.C2H6/c1-6-7(2)15-10-4-3-8(5-9(6)10)11(12,13)14;1-5(2,3)7-4-6;1-2/h3-5,15H,1-2H3;4H,1-3H3;1-2H3. The molecule has 2 nitrogen and oxygen atoms in total.